The highest BCUT2D eigenvalue weighted by molar-refractivity contribution is 6.31. The number of aromatic amines is 1. The quantitative estimate of drug-likeness (QED) is 0.256. The van der Waals surface area contributed by atoms with E-state index >= 15 is 0 Å². The Morgan fingerprint density at radius 1 is 0.950 bits per heavy atom. The fraction of sp³-hybridized carbons (Fsp3) is 0.367. The molecule has 0 amide bonds. The number of nitrogens with zero attached hydrogens (tertiary/aromatic N) is 6. The van der Waals surface area contributed by atoms with Gasteiger partial charge in [-0.25, -0.2) is 15.0 Å². The number of halogens is 1. The number of piperazine rings is 1. The molecule has 7 rings (SSSR count). The van der Waals surface area contributed by atoms with Crippen molar-refractivity contribution in [3.63, 3.8) is 0 Å². The van der Waals surface area contributed by atoms with E-state index < -0.39 is 0 Å². The molecule has 0 atom stereocenters. The van der Waals surface area contributed by atoms with Crippen molar-refractivity contribution >= 4 is 51.1 Å². The van der Waals surface area contributed by atoms with E-state index in [9.17, 15) is 0 Å². The van der Waals surface area contributed by atoms with Gasteiger partial charge in [-0.2, -0.15) is 0 Å². The number of nitrogens with two attached hydrogens (primary N) is 1. The molecule has 1 saturated carbocycles. The number of fused-ring (bicyclic) bond motifs is 2. The van der Waals surface area contributed by atoms with E-state index in [1.807, 2.05) is 18.2 Å². The van der Waals surface area contributed by atoms with E-state index in [4.69, 9.17) is 22.3 Å². The van der Waals surface area contributed by atoms with Crippen LogP contribution in [0.2, 0.25) is 5.02 Å². The summed E-state index contributed by atoms with van der Waals surface area (Å²) in [6.07, 6.45) is 8.56. The fourth-order valence-corrected chi connectivity index (χ4v) is 6.58. The lowest BCUT2D eigenvalue weighted by Gasteiger charge is -2.41. The highest BCUT2D eigenvalue weighted by Crippen LogP contribution is 2.39. The standard InChI is InChI=1S/C30H34ClN9/c1-38-12-14-39(15-13-38)22-7-9-23(10-8-22)40-17-24(27-28(32)33-18-34-29(27)40)19-2-5-21(6-3-19)35-30-36-25-11-4-20(31)16-26(25)37-30/h2-6,11,16-18,22-23H,7-10,12-15H2,1H3,(H2,32,33,34)(H2,35,36,37)/t22-,23-. The maximum Gasteiger partial charge on any atom is 0.205 e. The number of rotatable bonds is 5. The predicted octanol–water partition coefficient (Wildman–Crippen LogP) is 5.68. The summed E-state index contributed by atoms with van der Waals surface area (Å²) < 4.78 is 2.36. The van der Waals surface area contributed by atoms with Crippen LogP contribution in [-0.4, -0.2) is 73.6 Å². The monoisotopic (exact) mass is 555 g/mol. The number of aromatic nitrogens is 5. The summed E-state index contributed by atoms with van der Waals surface area (Å²) in [5, 5.41) is 4.97. The summed E-state index contributed by atoms with van der Waals surface area (Å²) in [6, 6.07) is 15.1. The maximum absolute atomic E-state index is 6.44. The normalized spacial score (nSPS) is 20.9. The molecule has 0 radical (unpaired) electrons. The summed E-state index contributed by atoms with van der Waals surface area (Å²) in [5.41, 5.74) is 12.2. The summed E-state index contributed by atoms with van der Waals surface area (Å²) in [4.78, 5) is 22.1. The molecule has 0 spiro atoms. The first-order chi connectivity index (χ1) is 19.5. The van der Waals surface area contributed by atoms with Crippen LogP contribution in [0, 0.1) is 0 Å². The van der Waals surface area contributed by atoms with Crippen LogP contribution in [0.25, 0.3) is 33.2 Å². The Morgan fingerprint density at radius 3 is 2.48 bits per heavy atom. The molecular formula is C30H34ClN9. The van der Waals surface area contributed by atoms with Gasteiger partial charge >= 0.3 is 0 Å². The molecule has 5 aromatic rings. The van der Waals surface area contributed by atoms with E-state index in [2.05, 4.69) is 72.1 Å². The molecule has 1 saturated heterocycles. The van der Waals surface area contributed by atoms with E-state index in [0.29, 0.717) is 28.9 Å². The lowest BCUT2D eigenvalue weighted by molar-refractivity contribution is 0.0828. The molecule has 206 valence electrons. The fourth-order valence-electron chi connectivity index (χ4n) is 6.41. The molecule has 9 nitrogen and oxygen atoms in total. The van der Waals surface area contributed by atoms with E-state index in [-0.39, 0.29) is 0 Å². The minimum atomic E-state index is 0.414. The van der Waals surface area contributed by atoms with Crippen LogP contribution >= 0.6 is 11.6 Å². The Morgan fingerprint density at radius 2 is 1.70 bits per heavy atom. The van der Waals surface area contributed by atoms with Gasteiger partial charge in [0.15, 0.2) is 0 Å². The Kier molecular flexibility index (Phi) is 6.57. The van der Waals surface area contributed by atoms with Gasteiger partial charge in [-0.15, -0.1) is 0 Å². The summed E-state index contributed by atoms with van der Waals surface area (Å²) in [7, 11) is 2.22. The van der Waals surface area contributed by atoms with Gasteiger partial charge in [0.25, 0.3) is 0 Å². The third-order valence-corrected chi connectivity index (χ3v) is 8.89. The molecule has 3 aromatic heterocycles. The second-order valence-corrected chi connectivity index (χ2v) is 11.6. The van der Waals surface area contributed by atoms with Gasteiger partial charge < -0.3 is 25.5 Å². The highest BCUT2D eigenvalue weighted by Gasteiger charge is 2.30. The minimum absolute atomic E-state index is 0.414. The number of nitrogen functional groups attached to an aromatic ring is 1. The van der Waals surface area contributed by atoms with Crippen molar-refractivity contribution in [3.05, 3.63) is 60.0 Å². The van der Waals surface area contributed by atoms with E-state index in [1.54, 1.807) is 6.33 Å². The van der Waals surface area contributed by atoms with Crippen LogP contribution in [0.3, 0.4) is 0 Å². The molecule has 2 aromatic carbocycles. The van der Waals surface area contributed by atoms with Gasteiger partial charge in [0.05, 0.1) is 16.4 Å². The van der Waals surface area contributed by atoms with Gasteiger partial charge in [-0.05, 0) is 68.6 Å². The van der Waals surface area contributed by atoms with Crippen molar-refractivity contribution in [2.45, 2.75) is 37.8 Å². The van der Waals surface area contributed by atoms with Gasteiger partial charge in [-0.1, -0.05) is 23.7 Å². The zero-order valence-corrected chi connectivity index (χ0v) is 23.4. The van der Waals surface area contributed by atoms with Gasteiger partial charge in [-0.3, -0.25) is 4.90 Å². The number of H-pyrrole nitrogens is 1. The number of likely N-dealkylation sites (N-methyl/N-ethyl adjacent to an activating group) is 1. The first-order valence-electron chi connectivity index (χ1n) is 14.1. The minimum Gasteiger partial charge on any atom is -0.383 e. The number of benzene rings is 2. The molecule has 10 heteroatoms. The van der Waals surface area contributed by atoms with Crippen molar-refractivity contribution in [3.8, 4) is 11.1 Å². The van der Waals surface area contributed by atoms with Crippen LogP contribution in [0.5, 0.6) is 0 Å². The van der Waals surface area contributed by atoms with Gasteiger partial charge in [0.1, 0.15) is 17.8 Å². The van der Waals surface area contributed by atoms with Crippen molar-refractivity contribution < 1.29 is 0 Å². The Hall–Kier alpha value is -3.66. The molecule has 0 unspecified atom stereocenters. The lowest BCUT2D eigenvalue weighted by Crippen LogP contribution is -2.49. The van der Waals surface area contributed by atoms with Crippen molar-refractivity contribution in [2.75, 3.05) is 44.3 Å². The molecule has 4 N–H and O–H groups in total. The van der Waals surface area contributed by atoms with Gasteiger partial charge in [0.2, 0.25) is 5.95 Å². The Bertz CT molecular complexity index is 1640. The Balaban J connectivity index is 1.12. The smallest absolute Gasteiger partial charge is 0.205 e. The molecule has 0 bridgehead atoms. The number of hydrogen-bond donors (Lipinski definition) is 3. The number of anilines is 3. The second kappa shape index (κ2) is 10.4. The lowest BCUT2D eigenvalue weighted by atomic mass is 9.89. The topological polar surface area (TPSA) is 104 Å². The second-order valence-electron chi connectivity index (χ2n) is 11.2. The molecular weight excluding hydrogens is 522 g/mol. The SMILES string of the molecule is CN1CCN([C@H]2CC[C@H](n3cc(-c4ccc(Nc5nc6ccc(Cl)cc6[nH]5)cc4)c4c(N)ncnc43)CC2)CC1. The number of hydrogen-bond acceptors (Lipinski definition) is 7. The average molecular weight is 556 g/mol. The highest BCUT2D eigenvalue weighted by atomic mass is 35.5. The average Bonchev–Trinajstić information content (AvgIpc) is 3.56. The molecule has 4 heterocycles. The molecule has 1 aliphatic heterocycles. The summed E-state index contributed by atoms with van der Waals surface area (Å²) >= 11 is 6.12. The van der Waals surface area contributed by atoms with Crippen molar-refractivity contribution in [1.82, 2.24) is 34.3 Å². The Labute approximate surface area is 238 Å². The zero-order chi connectivity index (χ0) is 27.2. The first-order valence-corrected chi connectivity index (χ1v) is 14.5. The van der Waals surface area contributed by atoms with Crippen LogP contribution in [-0.2, 0) is 0 Å². The third-order valence-electron chi connectivity index (χ3n) is 8.66. The van der Waals surface area contributed by atoms with Crippen molar-refractivity contribution in [1.29, 1.82) is 0 Å². The molecule has 2 aliphatic rings. The van der Waals surface area contributed by atoms with Crippen molar-refractivity contribution in [2.24, 2.45) is 0 Å². The predicted molar refractivity (Wildman–Crippen MR) is 162 cm³/mol. The number of imidazole rings is 1. The van der Waals surface area contributed by atoms with Crippen LogP contribution < -0.4 is 11.1 Å². The van der Waals surface area contributed by atoms with E-state index in [0.717, 1.165) is 51.7 Å². The summed E-state index contributed by atoms with van der Waals surface area (Å²) in [6.45, 7) is 4.70. The van der Waals surface area contributed by atoms with Crippen LogP contribution in [0.1, 0.15) is 31.7 Å². The molecule has 2 fully saturated rings. The van der Waals surface area contributed by atoms with E-state index in [1.165, 1.54) is 39.0 Å². The summed E-state index contributed by atoms with van der Waals surface area (Å²) in [5.74, 6) is 1.19. The largest absolute Gasteiger partial charge is 0.383 e. The molecule has 1 aliphatic carbocycles. The number of nitrogens with one attached hydrogen (secondary N) is 2. The first kappa shape index (κ1) is 25.3. The maximum atomic E-state index is 6.44. The van der Waals surface area contributed by atoms with Crippen LogP contribution in [0.4, 0.5) is 17.5 Å². The zero-order valence-electron chi connectivity index (χ0n) is 22.6. The molecule has 40 heavy (non-hydrogen) atoms. The van der Waals surface area contributed by atoms with Gasteiger partial charge in [0, 0.05) is 60.7 Å². The van der Waals surface area contributed by atoms with Crippen LogP contribution in [0.15, 0.2) is 55.0 Å². The third kappa shape index (κ3) is 4.78.